The van der Waals surface area contributed by atoms with E-state index in [1.807, 2.05) is 0 Å². The lowest BCUT2D eigenvalue weighted by atomic mass is 9.92. The van der Waals surface area contributed by atoms with Gasteiger partial charge in [0.2, 0.25) is 5.91 Å². The number of rotatable bonds is 10. The summed E-state index contributed by atoms with van der Waals surface area (Å²) in [4.78, 5) is 25.3. The number of benzene rings is 3. The van der Waals surface area contributed by atoms with Crippen molar-refractivity contribution in [2.45, 2.75) is 38.5 Å². The summed E-state index contributed by atoms with van der Waals surface area (Å²) in [6, 6.07) is 19.7. The zero-order valence-corrected chi connectivity index (χ0v) is 20.5. The second-order valence-corrected chi connectivity index (χ2v) is 9.06. The van der Waals surface area contributed by atoms with E-state index in [-0.39, 0.29) is 30.2 Å². The Bertz CT molecular complexity index is 1250. The Labute approximate surface area is 214 Å². The van der Waals surface area contributed by atoms with Gasteiger partial charge in [-0.3, -0.25) is 14.9 Å². The van der Waals surface area contributed by atoms with E-state index in [0.717, 1.165) is 0 Å². The highest BCUT2D eigenvalue weighted by Crippen LogP contribution is 2.38. The maximum absolute atomic E-state index is 14.4. The van der Waals surface area contributed by atoms with Crippen LogP contribution in [0.3, 0.4) is 0 Å². The highest BCUT2D eigenvalue weighted by atomic mass is 19.4. The van der Waals surface area contributed by atoms with E-state index >= 15 is 0 Å². The molecule has 0 radical (unpaired) electrons. The van der Waals surface area contributed by atoms with Gasteiger partial charge in [-0.05, 0) is 29.0 Å². The van der Waals surface area contributed by atoms with Gasteiger partial charge in [-0.25, -0.2) is 0 Å². The van der Waals surface area contributed by atoms with E-state index in [4.69, 9.17) is 5.26 Å². The van der Waals surface area contributed by atoms with Crippen LogP contribution in [-0.2, 0) is 4.79 Å². The molecule has 0 fully saturated rings. The smallest absolute Gasteiger partial charge is 0.342 e. The van der Waals surface area contributed by atoms with Crippen molar-refractivity contribution < 1.29 is 22.8 Å². The highest BCUT2D eigenvalue weighted by Gasteiger charge is 2.44. The summed E-state index contributed by atoms with van der Waals surface area (Å²) in [6.07, 6.45) is -4.55. The van der Waals surface area contributed by atoms with E-state index in [2.05, 4.69) is 10.6 Å². The van der Waals surface area contributed by atoms with E-state index in [1.165, 1.54) is 12.1 Å². The molecule has 5 nitrogen and oxygen atoms in total. The fourth-order valence-corrected chi connectivity index (χ4v) is 4.10. The first-order chi connectivity index (χ1) is 17.6. The molecule has 8 heteroatoms. The molecule has 37 heavy (non-hydrogen) atoms. The first-order valence-corrected chi connectivity index (χ1v) is 11.9. The molecule has 0 heterocycles. The Morgan fingerprint density at radius 1 is 0.892 bits per heavy atom. The van der Waals surface area contributed by atoms with Crippen molar-refractivity contribution in [1.29, 1.82) is 5.26 Å². The van der Waals surface area contributed by atoms with Crippen molar-refractivity contribution in [3.8, 4) is 17.2 Å². The standard InChI is InChI=1S/C29H28F3N3O2/c1-19(2)18-25(28(37)34-17-16-33)35-27(29(30,31)32)24-11-7-6-10-23(24)20-12-14-22(15-13-20)26(36)21-8-4-3-5-9-21/h3-15,19,25,27,35H,17-18H2,1-2H3,(H,34,37)/t25-,27-/m0/s1. The third kappa shape index (κ3) is 7.28. The van der Waals surface area contributed by atoms with Crippen molar-refractivity contribution in [3.05, 3.63) is 95.6 Å². The number of ketones is 1. The Morgan fingerprint density at radius 2 is 1.49 bits per heavy atom. The van der Waals surface area contributed by atoms with Gasteiger partial charge in [-0.15, -0.1) is 0 Å². The topological polar surface area (TPSA) is 82.0 Å². The van der Waals surface area contributed by atoms with Gasteiger partial charge < -0.3 is 5.32 Å². The number of nitriles is 1. The molecule has 0 spiro atoms. The number of hydrogen-bond acceptors (Lipinski definition) is 4. The summed E-state index contributed by atoms with van der Waals surface area (Å²) in [5.74, 6) is -0.912. The number of halogens is 3. The molecule has 2 N–H and O–H groups in total. The number of carbonyl (C=O) groups is 2. The number of alkyl halides is 3. The minimum Gasteiger partial charge on any atom is -0.342 e. The van der Waals surface area contributed by atoms with Crippen LogP contribution in [0.5, 0.6) is 0 Å². The third-order valence-electron chi connectivity index (χ3n) is 5.83. The normalized spacial score (nSPS) is 13.0. The molecule has 2 atom stereocenters. The van der Waals surface area contributed by atoms with Crippen LogP contribution in [0.2, 0.25) is 0 Å². The molecule has 3 aromatic rings. The van der Waals surface area contributed by atoms with Crippen LogP contribution in [-0.4, -0.2) is 30.5 Å². The molecule has 3 aromatic carbocycles. The summed E-state index contributed by atoms with van der Waals surface area (Å²) < 4.78 is 43.1. The van der Waals surface area contributed by atoms with Crippen molar-refractivity contribution in [1.82, 2.24) is 10.6 Å². The average Bonchev–Trinajstić information content (AvgIpc) is 2.89. The number of amides is 1. The minimum atomic E-state index is -4.70. The van der Waals surface area contributed by atoms with E-state index in [0.29, 0.717) is 22.3 Å². The minimum absolute atomic E-state index is 0.0426. The molecule has 0 saturated carbocycles. The summed E-state index contributed by atoms with van der Waals surface area (Å²) in [6.45, 7) is 3.32. The molecule has 3 rings (SSSR count). The SMILES string of the molecule is CC(C)C[C@H](N[C@@H](c1ccccc1-c1ccc(C(=O)c2ccccc2)cc1)C(F)(F)F)C(=O)NCC#N. The van der Waals surface area contributed by atoms with Gasteiger partial charge in [-0.1, -0.05) is 92.7 Å². The van der Waals surface area contributed by atoms with Crippen LogP contribution >= 0.6 is 0 Å². The lowest BCUT2D eigenvalue weighted by Crippen LogP contribution is -2.49. The summed E-state index contributed by atoms with van der Waals surface area (Å²) in [5.41, 5.74) is 1.73. The van der Waals surface area contributed by atoms with Crippen molar-refractivity contribution >= 4 is 11.7 Å². The first-order valence-electron chi connectivity index (χ1n) is 11.9. The molecule has 1 amide bonds. The van der Waals surface area contributed by atoms with Crippen LogP contribution < -0.4 is 10.6 Å². The third-order valence-corrected chi connectivity index (χ3v) is 5.83. The molecule has 192 valence electrons. The Balaban J connectivity index is 1.96. The first kappa shape index (κ1) is 27.6. The summed E-state index contributed by atoms with van der Waals surface area (Å²) >= 11 is 0. The van der Waals surface area contributed by atoms with Gasteiger partial charge in [0.25, 0.3) is 0 Å². The average molecular weight is 508 g/mol. The Hall–Kier alpha value is -3.96. The molecular weight excluding hydrogens is 479 g/mol. The fraction of sp³-hybridized carbons (Fsp3) is 0.276. The molecule has 0 unspecified atom stereocenters. The van der Waals surface area contributed by atoms with Gasteiger partial charge in [0.05, 0.1) is 12.1 Å². The zero-order valence-electron chi connectivity index (χ0n) is 20.5. The lowest BCUT2D eigenvalue weighted by Gasteiger charge is -2.29. The number of carbonyl (C=O) groups excluding carboxylic acids is 2. The van der Waals surface area contributed by atoms with Crippen molar-refractivity contribution in [2.75, 3.05) is 6.54 Å². The number of hydrogen-bond donors (Lipinski definition) is 2. The van der Waals surface area contributed by atoms with Gasteiger partial charge in [0, 0.05) is 11.1 Å². The maximum atomic E-state index is 14.4. The quantitative estimate of drug-likeness (QED) is 0.267. The predicted molar refractivity (Wildman–Crippen MR) is 136 cm³/mol. The molecule has 0 bridgehead atoms. The monoisotopic (exact) mass is 507 g/mol. The fourth-order valence-electron chi connectivity index (χ4n) is 4.10. The molecule has 0 aliphatic rings. The largest absolute Gasteiger partial charge is 0.407 e. The van der Waals surface area contributed by atoms with E-state index in [9.17, 15) is 22.8 Å². The Kier molecular flexibility index (Phi) is 9.20. The number of nitrogens with one attached hydrogen (secondary N) is 2. The molecule has 0 aliphatic carbocycles. The van der Waals surface area contributed by atoms with Crippen molar-refractivity contribution in [3.63, 3.8) is 0 Å². The maximum Gasteiger partial charge on any atom is 0.407 e. The van der Waals surface area contributed by atoms with Crippen LogP contribution in [0, 0.1) is 17.2 Å². The number of nitrogens with zero attached hydrogens (tertiary/aromatic N) is 1. The van der Waals surface area contributed by atoms with Crippen LogP contribution in [0.15, 0.2) is 78.9 Å². The molecule has 0 aromatic heterocycles. The van der Waals surface area contributed by atoms with Crippen LogP contribution in [0.4, 0.5) is 13.2 Å². The Morgan fingerprint density at radius 3 is 2.08 bits per heavy atom. The lowest BCUT2D eigenvalue weighted by molar-refractivity contribution is -0.161. The summed E-state index contributed by atoms with van der Waals surface area (Å²) in [5, 5.41) is 13.6. The van der Waals surface area contributed by atoms with Gasteiger partial charge in [-0.2, -0.15) is 18.4 Å². The van der Waals surface area contributed by atoms with Gasteiger partial charge in [0.15, 0.2) is 5.78 Å². The van der Waals surface area contributed by atoms with Crippen LogP contribution in [0.25, 0.3) is 11.1 Å². The van der Waals surface area contributed by atoms with Gasteiger partial charge in [0.1, 0.15) is 12.6 Å². The summed E-state index contributed by atoms with van der Waals surface area (Å²) in [7, 11) is 0. The molecular formula is C29H28F3N3O2. The highest BCUT2D eigenvalue weighted by molar-refractivity contribution is 6.09. The predicted octanol–water partition coefficient (Wildman–Crippen LogP) is 5.83. The van der Waals surface area contributed by atoms with Gasteiger partial charge >= 0.3 is 6.18 Å². The second kappa shape index (κ2) is 12.3. The second-order valence-electron chi connectivity index (χ2n) is 9.06. The molecule has 0 saturated heterocycles. The zero-order chi connectivity index (χ0) is 27.0. The van der Waals surface area contributed by atoms with Crippen LogP contribution in [0.1, 0.15) is 47.8 Å². The van der Waals surface area contributed by atoms with E-state index in [1.54, 1.807) is 86.6 Å². The van der Waals surface area contributed by atoms with E-state index < -0.39 is 24.2 Å². The van der Waals surface area contributed by atoms with Crippen molar-refractivity contribution in [2.24, 2.45) is 5.92 Å². The molecule has 0 aliphatic heterocycles.